The summed E-state index contributed by atoms with van der Waals surface area (Å²) in [5.41, 5.74) is 2.58. The van der Waals surface area contributed by atoms with E-state index < -0.39 is 10.0 Å². The van der Waals surface area contributed by atoms with Crippen LogP contribution >= 0.6 is 23.1 Å². The molecule has 0 radical (unpaired) electrons. The molecule has 0 N–H and O–H groups in total. The van der Waals surface area contributed by atoms with E-state index in [2.05, 4.69) is 4.98 Å². The van der Waals surface area contributed by atoms with Crippen LogP contribution < -0.4 is 0 Å². The Hall–Kier alpha value is -1.61. The van der Waals surface area contributed by atoms with E-state index in [0.717, 1.165) is 16.9 Å². The minimum Gasteiger partial charge on any atom is -0.449 e. The van der Waals surface area contributed by atoms with E-state index in [1.165, 1.54) is 0 Å². The average Bonchev–Trinajstić information content (AvgIpc) is 3.35. The van der Waals surface area contributed by atoms with Crippen molar-refractivity contribution in [2.24, 2.45) is 0 Å². The molecule has 1 aliphatic heterocycles. The first-order chi connectivity index (χ1) is 12.1. The standard InChI is InChI=1S/C17H16N2O3S3/c1-12-18-16(10-22-12)13-2-4-15(5-3-13)25(20,21)19-7-9-24-17(19)14-6-8-23-11-14/h2-6,8,10-11,17H,7,9H2,1H3/t17-/m1/s1. The lowest BCUT2D eigenvalue weighted by Gasteiger charge is -2.22. The molecule has 0 saturated carbocycles. The van der Waals surface area contributed by atoms with E-state index >= 15 is 0 Å². The Morgan fingerprint density at radius 2 is 2.04 bits per heavy atom. The van der Waals surface area contributed by atoms with Gasteiger partial charge in [0.2, 0.25) is 10.0 Å². The van der Waals surface area contributed by atoms with Crippen molar-refractivity contribution >= 4 is 33.1 Å². The highest BCUT2D eigenvalue weighted by Crippen LogP contribution is 2.42. The van der Waals surface area contributed by atoms with E-state index in [9.17, 15) is 8.42 Å². The number of thiophene rings is 1. The van der Waals surface area contributed by atoms with Crippen LogP contribution in [0, 0.1) is 6.92 Å². The van der Waals surface area contributed by atoms with Gasteiger partial charge in [-0.15, -0.1) is 11.8 Å². The fraction of sp³-hybridized carbons (Fsp3) is 0.235. The fourth-order valence-electron chi connectivity index (χ4n) is 2.81. The van der Waals surface area contributed by atoms with Gasteiger partial charge in [0.05, 0.1) is 10.3 Å². The SMILES string of the molecule is Cc1nc(-c2ccc(S(=O)(=O)N3CCS[C@@H]3c3ccsc3)cc2)co1. The van der Waals surface area contributed by atoms with E-state index in [1.54, 1.807) is 64.9 Å². The summed E-state index contributed by atoms with van der Waals surface area (Å²) in [6, 6.07) is 8.82. The Kier molecular flexibility index (Phi) is 4.45. The molecule has 8 heteroatoms. The Balaban J connectivity index is 1.64. The average molecular weight is 393 g/mol. The van der Waals surface area contributed by atoms with Crippen LogP contribution in [0.15, 0.2) is 56.7 Å². The first-order valence-electron chi connectivity index (χ1n) is 7.74. The molecule has 130 valence electrons. The van der Waals surface area contributed by atoms with Crippen molar-refractivity contribution in [2.45, 2.75) is 17.2 Å². The maximum atomic E-state index is 13.1. The van der Waals surface area contributed by atoms with Gasteiger partial charge < -0.3 is 4.42 Å². The van der Waals surface area contributed by atoms with E-state index in [-0.39, 0.29) is 5.37 Å². The smallest absolute Gasteiger partial charge is 0.244 e. The molecule has 1 atom stereocenters. The van der Waals surface area contributed by atoms with Gasteiger partial charge in [0.15, 0.2) is 5.89 Å². The molecule has 2 aromatic heterocycles. The Bertz CT molecular complexity index is 963. The monoisotopic (exact) mass is 392 g/mol. The van der Waals surface area contributed by atoms with Crippen LogP contribution in [-0.4, -0.2) is 30.0 Å². The van der Waals surface area contributed by atoms with Crippen molar-refractivity contribution in [3.05, 3.63) is 58.8 Å². The summed E-state index contributed by atoms with van der Waals surface area (Å²) in [6.07, 6.45) is 1.57. The number of aromatic nitrogens is 1. The summed E-state index contributed by atoms with van der Waals surface area (Å²) in [5.74, 6) is 1.38. The number of oxazole rings is 1. The first kappa shape index (κ1) is 16.8. The zero-order valence-electron chi connectivity index (χ0n) is 13.5. The van der Waals surface area contributed by atoms with Gasteiger partial charge in [-0.25, -0.2) is 13.4 Å². The van der Waals surface area contributed by atoms with Crippen molar-refractivity contribution < 1.29 is 12.8 Å². The third-order valence-corrected chi connectivity index (χ3v) is 8.03. The molecule has 1 aromatic carbocycles. The Morgan fingerprint density at radius 3 is 2.68 bits per heavy atom. The van der Waals surface area contributed by atoms with E-state index in [0.29, 0.717) is 23.0 Å². The molecule has 4 rings (SSSR count). The molecular weight excluding hydrogens is 376 g/mol. The molecule has 0 amide bonds. The minimum absolute atomic E-state index is 0.144. The number of rotatable bonds is 4. The second-order valence-corrected chi connectivity index (χ2v) is 9.53. The molecule has 0 bridgehead atoms. The number of hydrogen-bond acceptors (Lipinski definition) is 6. The van der Waals surface area contributed by atoms with Gasteiger partial charge in [-0.3, -0.25) is 0 Å². The largest absolute Gasteiger partial charge is 0.449 e. The highest BCUT2D eigenvalue weighted by molar-refractivity contribution is 8.01. The van der Waals surface area contributed by atoms with E-state index in [1.807, 2.05) is 16.8 Å². The van der Waals surface area contributed by atoms with Gasteiger partial charge in [0.25, 0.3) is 0 Å². The summed E-state index contributed by atoms with van der Waals surface area (Å²) in [7, 11) is -3.53. The second-order valence-electron chi connectivity index (χ2n) is 5.67. The first-order valence-corrected chi connectivity index (χ1v) is 11.2. The van der Waals surface area contributed by atoms with Crippen LogP contribution in [0.5, 0.6) is 0 Å². The molecular formula is C17H16N2O3S3. The van der Waals surface area contributed by atoms with Gasteiger partial charge in [-0.05, 0) is 34.5 Å². The highest BCUT2D eigenvalue weighted by atomic mass is 32.2. The number of sulfonamides is 1. The second kappa shape index (κ2) is 6.60. The molecule has 1 fully saturated rings. The number of thioether (sulfide) groups is 1. The van der Waals surface area contributed by atoms with Crippen molar-refractivity contribution in [3.8, 4) is 11.3 Å². The van der Waals surface area contributed by atoms with Gasteiger partial charge in [-0.1, -0.05) is 12.1 Å². The van der Waals surface area contributed by atoms with Crippen LogP contribution in [0.25, 0.3) is 11.3 Å². The topological polar surface area (TPSA) is 63.4 Å². The summed E-state index contributed by atoms with van der Waals surface area (Å²) in [5, 5.41) is 3.85. The van der Waals surface area contributed by atoms with Crippen molar-refractivity contribution in [3.63, 3.8) is 0 Å². The molecule has 0 unspecified atom stereocenters. The Labute approximate surface area is 154 Å². The zero-order valence-corrected chi connectivity index (χ0v) is 15.9. The number of nitrogens with zero attached hydrogens (tertiary/aromatic N) is 2. The maximum absolute atomic E-state index is 13.1. The normalized spacial score (nSPS) is 18.7. The number of aryl methyl sites for hydroxylation is 1. The zero-order chi connectivity index (χ0) is 17.4. The molecule has 0 spiro atoms. The summed E-state index contributed by atoms with van der Waals surface area (Å²) in [6.45, 7) is 2.30. The van der Waals surface area contributed by atoms with Crippen LogP contribution in [0.2, 0.25) is 0 Å². The van der Waals surface area contributed by atoms with Crippen molar-refractivity contribution in [1.82, 2.24) is 9.29 Å². The van der Waals surface area contributed by atoms with Gasteiger partial charge in [-0.2, -0.15) is 15.6 Å². The lowest BCUT2D eigenvalue weighted by Crippen LogP contribution is -2.30. The third kappa shape index (κ3) is 3.15. The lowest BCUT2D eigenvalue weighted by molar-refractivity contribution is 0.435. The Morgan fingerprint density at radius 1 is 1.24 bits per heavy atom. The maximum Gasteiger partial charge on any atom is 0.244 e. The van der Waals surface area contributed by atoms with Gasteiger partial charge in [0, 0.05) is 24.8 Å². The number of benzene rings is 1. The van der Waals surface area contributed by atoms with Gasteiger partial charge in [0.1, 0.15) is 12.0 Å². The number of hydrogen-bond donors (Lipinski definition) is 0. The van der Waals surface area contributed by atoms with Crippen molar-refractivity contribution in [2.75, 3.05) is 12.3 Å². The fourth-order valence-corrected chi connectivity index (χ4v) is 6.80. The predicted molar refractivity (Wildman–Crippen MR) is 100 cm³/mol. The summed E-state index contributed by atoms with van der Waals surface area (Å²) >= 11 is 3.25. The minimum atomic E-state index is -3.53. The van der Waals surface area contributed by atoms with Gasteiger partial charge >= 0.3 is 0 Å². The lowest BCUT2D eigenvalue weighted by atomic mass is 10.2. The van der Waals surface area contributed by atoms with Crippen LogP contribution in [0.1, 0.15) is 16.8 Å². The quantitative estimate of drug-likeness (QED) is 0.667. The molecule has 0 aliphatic carbocycles. The molecule has 3 aromatic rings. The third-order valence-electron chi connectivity index (χ3n) is 4.05. The van der Waals surface area contributed by atoms with Crippen LogP contribution in [0.4, 0.5) is 0 Å². The molecule has 25 heavy (non-hydrogen) atoms. The molecule has 5 nitrogen and oxygen atoms in total. The molecule has 3 heterocycles. The summed E-state index contributed by atoms with van der Waals surface area (Å²) < 4.78 is 33.0. The molecule has 1 aliphatic rings. The van der Waals surface area contributed by atoms with Crippen LogP contribution in [-0.2, 0) is 10.0 Å². The molecule has 1 saturated heterocycles. The predicted octanol–water partition coefficient (Wildman–Crippen LogP) is 4.15. The summed E-state index contributed by atoms with van der Waals surface area (Å²) in [4.78, 5) is 4.57. The van der Waals surface area contributed by atoms with Crippen LogP contribution in [0.3, 0.4) is 0 Å². The van der Waals surface area contributed by atoms with E-state index in [4.69, 9.17) is 4.42 Å². The van der Waals surface area contributed by atoms with Crippen molar-refractivity contribution in [1.29, 1.82) is 0 Å². The highest BCUT2D eigenvalue weighted by Gasteiger charge is 2.36.